The lowest BCUT2D eigenvalue weighted by Crippen LogP contribution is -2.53. The average molecular weight is 443 g/mol. The van der Waals surface area contributed by atoms with Gasteiger partial charge >= 0.3 is 12.1 Å². The van der Waals surface area contributed by atoms with Crippen LogP contribution in [0.5, 0.6) is 11.5 Å². The first-order chi connectivity index (χ1) is 15.2. The average Bonchev–Trinajstić information content (AvgIpc) is 3.21. The number of anilines is 1. The number of aliphatic hydroxyl groups excluding tert-OH is 1. The minimum absolute atomic E-state index is 0.155. The largest absolute Gasteiger partial charge is 0.461 e. The molecule has 0 aliphatic carbocycles. The van der Waals surface area contributed by atoms with Crippen LogP contribution < -0.4 is 14.8 Å². The summed E-state index contributed by atoms with van der Waals surface area (Å²) in [5.41, 5.74) is 0.319. The minimum atomic E-state index is -1.13. The number of carbonyl (C=O) groups excluding carboxylic acids is 3. The molecule has 0 aromatic heterocycles. The van der Waals surface area contributed by atoms with Crippen LogP contribution in [-0.4, -0.2) is 35.7 Å². The zero-order valence-corrected chi connectivity index (χ0v) is 18.7. The standard InChI is InChI=1S/C23H29NO5.CO2/c1-15(2)23(22(26)29-16(3)4,13-19(25)17-8-6-5-7-9-17)24-18-10-11-20-21(12-18)28-14-27-20;2-1-3/h5-12,15-16,19,24-25H,13-14H2,1-4H3;/t19-,23?;/m1./s1. The van der Waals surface area contributed by atoms with Crippen molar-refractivity contribution < 1.29 is 33.7 Å². The number of esters is 1. The molecule has 0 amide bonds. The number of rotatable bonds is 8. The lowest BCUT2D eigenvalue weighted by molar-refractivity contribution is -0.191. The lowest BCUT2D eigenvalue weighted by Gasteiger charge is -2.39. The highest BCUT2D eigenvalue weighted by atomic mass is 16.7. The van der Waals surface area contributed by atoms with Gasteiger partial charge in [0.05, 0.1) is 12.2 Å². The van der Waals surface area contributed by atoms with Crippen molar-refractivity contribution in [3.63, 3.8) is 0 Å². The maximum atomic E-state index is 13.3. The second-order valence-electron chi connectivity index (χ2n) is 7.99. The third kappa shape index (κ3) is 6.09. The van der Waals surface area contributed by atoms with Crippen LogP contribution in [0.2, 0.25) is 0 Å². The fraction of sp³-hybridized carbons (Fsp3) is 0.417. The predicted octanol–water partition coefficient (Wildman–Crippen LogP) is 3.71. The summed E-state index contributed by atoms with van der Waals surface area (Å²) >= 11 is 0. The van der Waals surface area contributed by atoms with Gasteiger partial charge in [-0.3, -0.25) is 0 Å². The third-order valence-corrected chi connectivity index (χ3v) is 5.13. The molecule has 32 heavy (non-hydrogen) atoms. The van der Waals surface area contributed by atoms with Gasteiger partial charge in [-0.2, -0.15) is 9.59 Å². The van der Waals surface area contributed by atoms with Crippen LogP contribution in [0.15, 0.2) is 48.5 Å². The first kappa shape index (κ1) is 24.9. The molecular formula is C24H29NO7. The van der Waals surface area contributed by atoms with Gasteiger partial charge in [0.15, 0.2) is 11.5 Å². The molecule has 0 radical (unpaired) electrons. The van der Waals surface area contributed by atoms with E-state index >= 15 is 0 Å². The van der Waals surface area contributed by atoms with Gasteiger partial charge in [0, 0.05) is 18.2 Å². The van der Waals surface area contributed by atoms with Gasteiger partial charge < -0.3 is 24.6 Å². The molecule has 172 valence electrons. The van der Waals surface area contributed by atoms with E-state index in [1.165, 1.54) is 0 Å². The molecule has 8 nitrogen and oxygen atoms in total. The maximum Gasteiger partial charge on any atom is 0.373 e. The number of aliphatic hydroxyl groups is 1. The fourth-order valence-corrected chi connectivity index (χ4v) is 3.45. The molecule has 0 saturated heterocycles. The molecule has 0 spiro atoms. The fourth-order valence-electron chi connectivity index (χ4n) is 3.45. The van der Waals surface area contributed by atoms with E-state index < -0.39 is 17.6 Å². The van der Waals surface area contributed by atoms with Crippen molar-refractivity contribution >= 4 is 17.8 Å². The molecule has 8 heteroatoms. The second-order valence-corrected chi connectivity index (χ2v) is 7.99. The van der Waals surface area contributed by atoms with Crippen LogP contribution in [-0.2, 0) is 19.1 Å². The summed E-state index contributed by atoms with van der Waals surface area (Å²) in [5, 5.41) is 14.3. The van der Waals surface area contributed by atoms with Crippen LogP contribution in [0.4, 0.5) is 5.69 Å². The van der Waals surface area contributed by atoms with E-state index in [4.69, 9.17) is 23.8 Å². The number of ether oxygens (including phenoxy) is 3. The van der Waals surface area contributed by atoms with E-state index in [-0.39, 0.29) is 31.4 Å². The normalized spacial score (nSPS) is 14.6. The number of nitrogens with one attached hydrogen (secondary N) is 1. The van der Waals surface area contributed by atoms with Crippen molar-refractivity contribution in [2.24, 2.45) is 5.92 Å². The molecule has 1 aliphatic heterocycles. The Bertz CT molecular complexity index is 923. The molecule has 2 N–H and O–H groups in total. The Morgan fingerprint density at radius 3 is 2.31 bits per heavy atom. The van der Waals surface area contributed by atoms with Gasteiger partial charge in [-0.05, 0) is 37.5 Å². The molecule has 1 unspecified atom stereocenters. The Hall–Kier alpha value is -3.35. The highest BCUT2D eigenvalue weighted by Crippen LogP contribution is 2.38. The van der Waals surface area contributed by atoms with Crippen molar-refractivity contribution in [2.45, 2.75) is 51.9 Å². The van der Waals surface area contributed by atoms with Crippen molar-refractivity contribution in [3.8, 4) is 11.5 Å². The Kier molecular flexibility index (Phi) is 8.81. The van der Waals surface area contributed by atoms with Crippen molar-refractivity contribution in [2.75, 3.05) is 12.1 Å². The Balaban J connectivity index is 0.00000114. The molecule has 1 aliphatic rings. The lowest BCUT2D eigenvalue weighted by atomic mass is 9.79. The number of fused-ring (bicyclic) bond motifs is 1. The van der Waals surface area contributed by atoms with Gasteiger partial charge in [-0.15, -0.1) is 0 Å². The smallest absolute Gasteiger partial charge is 0.373 e. The highest BCUT2D eigenvalue weighted by molar-refractivity contribution is 5.85. The van der Waals surface area contributed by atoms with Crippen molar-refractivity contribution in [1.29, 1.82) is 0 Å². The number of hydrogen-bond acceptors (Lipinski definition) is 8. The van der Waals surface area contributed by atoms with Crippen LogP contribution in [0.25, 0.3) is 0 Å². The molecule has 3 rings (SSSR count). The van der Waals surface area contributed by atoms with E-state index in [0.717, 1.165) is 5.56 Å². The molecule has 0 saturated carbocycles. The van der Waals surface area contributed by atoms with Gasteiger partial charge in [-0.25, -0.2) is 4.79 Å². The minimum Gasteiger partial charge on any atom is -0.461 e. The Labute approximate surface area is 187 Å². The zero-order chi connectivity index (χ0) is 23.7. The zero-order valence-electron chi connectivity index (χ0n) is 18.7. The number of hydrogen-bond donors (Lipinski definition) is 2. The van der Waals surface area contributed by atoms with Crippen LogP contribution in [0.3, 0.4) is 0 Å². The quantitative estimate of drug-likeness (QED) is 0.594. The summed E-state index contributed by atoms with van der Waals surface area (Å²) in [7, 11) is 0. The molecule has 2 atom stereocenters. The molecule has 0 bridgehead atoms. The van der Waals surface area contributed by atoms with Crippen LogP contribution in [0, 0.1) is 5.92 Å². The van der Waals surface area contributed by atoms with Crippen molar-refractivity contribution in [3.05, 3.63) is 54.1 Å². The highest BCUT2D eigenvalue weighted by Gasteiger charge is 2.45. The third-order valence-electron chi connectivity index (χ3n) is 5.13. The molecule has 1 heterocycles. The Morgan fingerprint density at radius 1 is 1.09 bits per heavy atom. The molecule has 2 aromatic rings. The second kappa shape index (κ2) is 11.3. The number of benzene rings is 2. The monoisotopic (exact) mass is 443 g/mol. The molecule has 0 fully saturated rings. The molecular weight excluding hydrogens is 414 g/mol. The summed E-state index contributed by atoms with van der Waals surface area (Å²) in [4.78, 5) is 29.5. The summed E-state index contributed by atoms with van der Waals surface area (Å²) in [6, 6.07) is 14.8. The molecule has 2 aromatic carbocycles. The summed E-state index contributed by atoms with van der Waals surface area (Å²) < 4.78 is 16.4. The maximum absolute atomic E-state index is 13.3. The van der Waals surface area contributed by atoms with Crippen LogP contribution >= 0.6 is 0 Å². The van der Waals surface area contributed by atoms with E-state index in [2.05, 4.69) is 5.32 Å². The van der Waals surface area contributed by atoms with Gasteiger partial charge in [0.1, 0.15) is 5.54 Å². The first-order valence-corrected chi connectivity index (χ1v) is 10.3. The van der Waals surface area contributed by atoms with E-state index in [1.54, 1.807) is 12.1 Å². The van der Waals surface area contributed by atoms with Gasteiger partial charge in [0.2, 0.25) is 6.79 Å². The van der Waals surface area contributed by atoms with Crippen LogP contribution in [0.1, 0.15) is 45.8 Å². The van der Waals surface area contributed by atoms with Gasteiger partial charge in [-0.1, -0.05) is 44.2 Å². The first-order valence-electron chi connectivity index (χ1n) is 10.3. The summed E-state index contributed by atoms with van der Waals surface area (Å²) in [6.07, 6.45) is -0.692. The summed E-state index contributed by atoms with van der Waals surface area (Å²) in [6.45, 7) is 7.70. The van der Waals surface area contributed by atoms with Gasteiger partial charge in [0.25, 0.3) is 0 Å². The van der Waals surface area contributed by atoms with Crippen molar-refractivity contribution in [1.82, 2.24) is 0 Å². The van der Waals surface area contributed by atoms with E-state index in [9.17, 15) is 9.90 Å². The number of carbonyl (C=O) groups is 1. The summed E-state index contributed by atoms with van der Waals surface area (Å²) in [5.74, 6) is 0.737. The van der Waals surface area contributed by atoms with E-state index in [1.807, 2.05) is 64.1 Å². The SMILES string of the molecule is CC(C)OC(=O)C(C[C@@H](O)c1ccccc1)(Nc1ccc2c(c1)OCO2)C(C)C.O=C=O. The van der Waals surface area contributed by atoms with E-state index in [0.29, 0.717) is 17.2 Å². The Morgan fingerprint density at radius 2 is 1.72 bits per heavy atom. The topological polar surface area (TPSA) is 111 Å². The predicted molar refractivity (Wildman–Crippen MR) is 116 cm³/mol.